The van der Waals surface area contributed by atoms with Crippen molar-refractivity contribution in [3.8, 4) is 6.07 Å². The van der Waals surface area contributed by atoms with Crippen molar-refractivity contribution in [3.63, 3.8) is 0 Å². The number of hydrogen-bond acceptors (Lipinski definition) is 5. The fourth-order valence-electron chi connectivity index (χ4n) is 2.80. The van der Waals surface area contributed by atoms with E-state index in [1.54, 1.807) is 18.0 Å². The van der Waals surface area contributed by atoms with Crippen LogP contribution >= 0.6 is 0 Å². The number of rotatable bonds is 5. The van der Waals surface area contributed by atoms with Crippen LogP contribution in [0.2, 0.25) is 0 Å². The summed E-state index contributed by atoms with van der Waals surface area (Å²) in [5.41, 5.74) is -0.0185. The lowest BCUT2D eigenvalue weighted by Gasteiger charge is -2.35. The van der Waals surface area contributed by atoms with Crippen molar-refractivity contribution < 1.29 is 14.3 Å². The molecule has 1 rings (SSSR count). The van der Waals surface area contributed by atoms with Gasteiger partial charge in [-0.05, 0) is 47.5 Å². The molecule has 0 unspecified atom stereocenters. The van der Waals surface area contributed by atoms with Crippen molar-refractivity contribution in [2.24, 2.45) is 5.92 Å². The van der Waals surface area contributed by atoms with Crippen molar-refractivity contribution in [1.82, 2.24) is 9.80 Å². The fourth-order valence-corrected chi connectivity index (χ4v) is 2.80. The number of amides is 1. The third-order valence-electron chi connectivity index (χ3n) is 4.24. The van der Waals surface area contributed by atoms with Gasteiger partial charge in [0.15, 0.2) is 0 Å². The first-order valence-corrected chi connectivity index (χ1v) is 8.59. The summed E-state index contributed by atoms with van der Waals surface area (Å²) >= 11 is 0. The Morgan fingerprint density at radius 1 is 1.29 bits per heavy atom. The van der Waals surface area contributed by atoms with E-state index >= 15 is 0 Å². The summed E-state index contributed by atoms with van der Waals surface area (Å²) in [6, 6.07) is 2.03. The molecule has 6 nitrogen and oxygen atoms in total. The molecule has 0 saturated carbocycles. The van der Waals surface area contributed by atoms with Gasteiger partial charge in [0.05, 0.1) is 12.5 Å². The molecule has 1 saturated heterocycles. The lowest BCUT2D eigenvalue weighted by Crippen LogP contribution is -2.42. The number of piperidine rings is 1. The van der Waals surface area contributed by atoms with Crippen LogP contribution in [0.1, 0.15) is 47.5 Å². The molecule has 24 heavy (non-hydrogen) atoms. The molecule has 0 N–H and O–H groups in total. The van der Waals surface area contributed by atoms with Gasteiger partial charge in [0.2, 0.25) is 0 Å². The molecule has 134 valence electrons. The fraction of sp³-hybridized carbons (Fsp3) is 0.722. The van der Waals surface area contributed by atoms with Crippen molar-refractivity contribution in [2.45, 2.75) is 53.0 Å². The van der Waals surface area contributed by atoms with E-state index in [1.165, 1.54) is 0 Å². The molecule has 0 aromatic carbocycles. The molecule has 1 aliphatic heterocycles. The first-order valence-electron chi connectivity index (χ1n) is 8.59. The molecular weight excluding hydrogens is 306 g/mol. The molecule has 0 spiro atoms. The number of esters is 1. The van der Waals surface area contributed by atoms with Crippen molar-refractivity contribution in [3.05, 3.63) is 11.8 Å². The Kier molecular flexibility index (Phi) is 7.27. The first-order chi connectivity index (χ1) is 11.2. The minimum atomic E-state index is -0.262. The van der Waals surface area contributed by atoms with Gasteiger partial charge in [-0.25, -0.2) is 0 Å². The van der Waals surface area contributed by atoms with Gasteiger partial charge in [-0.3, -0.25) is 9.59 Å². The van der Waals surface area contributed by atoms with Gasteiger partial charge in [-0.15, -0.1) is 0 Å². The summed E-state index contributed by atoms with van der Waals surface area (Å²) in [5.74, 6) is -0.599. The van der Waals surface area contributed by atoms with E-state index in [4.69, 9.17) is 4.74 Å². The van der Waals surface area contributed by atoms with Crippen LogP contribution in [0.5, 0.6) is 0 Å². The highest BCUT2D eigenvalue weighted by Gasteiger charge is 2.30. The molecule has 0 atom stereocenters. The highest BCUT2D eigenvalue weighted by atomic mass is 16.5. The smallest absolute Gasteiger partial charge is 0.309 e. The average molecular weight is 335 g/mol. The maximum absolute atomic E-state index is 12.6. The zero-order valence-corrected chi connectivity index (χ0v) is 15.5. The van der Waals surface area contributed by atoms with Gasteiger partial charge in [-0.1, -0.05) is 0 Å². The van der Waals surface area contributed by atoms with Crippen LogP contribution < -0.4 is 0 Å². The zero-order chi connectivity index (χ0) is 18.3. The molecule has 0 aromatic heterocycles. The largest absolute Gasteiger partial charge is 0.466 e. The van der Waals surface area contributed by atoms with Gasteiger partial charge in [0, 0.05) is 31.4 Å². The molecule has 1 fully saturated rings. The Balaban J connectivity index is 2.76. The molecule has 0 aliphatic carbocycles. The Hall–Kier alpha value is -2.03. The molecule has 0 radical (unpaired) electrons. The second kappa shape index (κ2) is 8.72. The molecule has 1 heterocycles. The minimum Gasteiger partial charge on any atom is -0.466 e. The van der Waals surface area contributed by atoms with Crippen LogP contribution in [-0.4, -0.2) is 53.5 Å². The number of ether oxygens (including phenoxy) is 1. The SMILES string of the molecule is CCOC(=O)C1CCN(C(=O)/C(C#N)=C\N(CC)C(C)(C)C)CC1. The summed E-state index contributed by atoms with van der Waals surface area (Å²) in [5, 5.41) is 9.38. The van der Waals surface area contributed by atoms with Gasteiger partial charge >= 0.3 is 5.97 Å². The van der Waals surface area contributed by atoms with E-state index in [0.29, 0.717) is 39.1 Å². The highest BCUT2D eigenvalue weighted by molar-refractivity contribution is 5.97. The summed E-state index contributed by atoms with van der Waals surface area (Å²) in [6.07, 6.45) is 2.82. The van der Waals surface area contributed by atoms with Crippen LogP contribution in [0.25, 0.3) is 0 Å². The van der Waals surface area contributed by atoms with E-state index in [-0.39, 0.29) is 28.9 Å². The molecular formula is C18H29N3O3. The Morgan fingerprint density at radius 2 is 1.88 bits per heavy atom. The maximum atomic E-state index is 12.6. The molecule has 1 aliphatic rings. The highest BCUT2D eigenvalue weighted by Crippen LogP contribution is 2.21. The standard InChI is InChI=1S/C18H29N3O3/c1-6-21(18(3,4)5)13-15(12-19)16(22)20-10-8-14(9-11-20)17(23)24-7-2/h13-14H,6-11H2,1-5H3/b15-13-. The molecule has 0 bridgehead atoms. The van der Waals surface area contributed by atoms with Gasteiger partial charge in [0.1, 0.15) is 11.6 Å². The number of nitriles is 1. The average Bonchev–Trinajstić information content (AvgIpc) is 2.54. The van der Waals surface area contributed by atoms with Crippen LogP contribution in [0.4, 0.5) is 0 Å². The molecule has 6 heteroatoms. The van der Waals surface area contributed by atoms with E-state index < -0.39 is 0 Å². The number of nitrogens with zero attached hydrogens (tertiary/aromatic N) is 3. The Bertz CT molecular complexity index is 521. The predicted octanol–water partition coefficient (Wildman–Crippen LogP) is 2.32. The van der Waals surface area contributed by atoms with E-state index in [2.05, 4.69) is 0 Å². The molecule has 1 amide bonds. The number of likely N-dealkylation sites (tertiary alicyclic amines) is 1. The lowest BCUT2D eigenvalue weighted by molar-refractivity contribution is -0.150. The van der Waals surface area contributed by atoms with Crippen molar-refractivity contribution in [1.29, 1.82) is 5.26 Å². The number of carbonyl (C=O) groups is 2. The second-order valence-corrected chi connectivity index (χ2v) is 6.93. The quantitative estimate of drug-likeness (QED) is 0.438. The second-order valence-electron chi connectivity index (χ2n) is 6.93. The third-order valence-corrected chi connectivity index (χ3v) is 4.24. The maximum Gasteiger partial charge on any atom is 0.309 e. The van der Waals surface area contributed by atoms with Crippen molar-refractivity contribution >= 4 is 11.9 Å². The summed E-state index contributed by atoms with van der Waals surface area (Å²) < 4.78 is 5.04. The number of carbonyl (C=O) groups excluding carboxylic acids is 2. The van der Waals surface area contributed by atoms with E-state index in [0.717, 1.165) is 0 Å². The lowest BCUT2D eigenvalue weighted by atomic mass is 9.96. The summed E-state index contributed by atoms with van der Waals surface area (Å²) in [4.78, 5) is 28.0. The van der Waals surface area contributed by atoms with Crippen LogP contribution in [-0.2, 0) is 14.3 Å². The Labute approximate surface area is 145 Å². The third kappa shape index (κ3) is 5.26. The Morgan fingerprint density at radius 3 is 2.29 bits per heavy atom. The van der Waals surface area contributed by atoms with Gasteiger partial charge < -0.3 is 14.5 Å². The van der Waals surface area contributed by atoms with Crippen LogP contribution in [0.3, 0.4) is 0 Å². The predicted molar refractivity (Wildman–Crippen MR) is 91.8 cm³/mol. The van der Waals surface area contributed by atoms with Crippen LogP contribution in [0, 0.1) is 17.2 Å². The minimum absolute atomic E-state index is 0.140. The van der Waals surface area contributed by atoms with Crippen molar-refractivity contribution in [2.75, 3.05) is 26.2 Å². The number of hydrogen-bond donors (Lipinski definition) is 0. The molecule has 0 aromatic rings. The monoisotopic (exact) mass is 335 g/mol. The zero-order valence-electron chi connectivity index (χ0n) is 15.5. The van der Waals surface area contributed by atoms with Gasteiger partial charge in [-0.2, -0.15) is 5.26 Å². The normalized spacial score (nSPS) is 16.5. The topological polar surface area (TPSA) is 73.6 Å². The van der Waals surface area contributed by atoms with E-state index in [9.17, 15) is 14.9 Å². The first kappa shape index (κ1) is 20.0. The van der Waals surface area contributed by atoms with Crippen LogP contribution in [0.15, 0.2) is 11.8 Å². The van der Waals surface area contributed by atoms with Gasteiger partial charge in [0.25, 0.3) is 5.91 Å². The summed E-state index contributed by atoms with van der Waals surface area (Å²) in [7, 11) is 0. The van der Waals surface area contributed by atoms with E-state index in [1.807, 2.05) is 38.7 Å². The summed E-state index contributed by atoms with van der Waals surface area (Å²) in [6.45, 7) is 11.9.